The Labute approximate surface area is 107 Å². The molecule has 100 valence electrons. The van der Waals surface area contributed by atoms with Crippen LogP contribution in [0.25, 0.3) is 0 Å². The first-order valence-electron chi connectivity index (χ1n) is 7.61. The second-order valence-electron chi connectivity index (χ2n) is 6.49. The van der Waals surface area contributed by atoms with Gasteiger partial charge in [0.05, 0.1) is 0 Å². The first kappa shape index (κ1) is 13.4. The molecule has 17 heavy (non-hydrogen) atoms. The molecule has 2 rings (SSSR count). The van der Waals surface area contributed by atoms with Crippen molar-refractivity contribution in [3.05, 3.63) is 0 Å². The van der Waals surface area contributed by atoms with Gasteiger partial charge in [0.25, 0.3) is 0 Å². The van der Waals surface area contributed by atoms with E-state index >= 15 is 0 Å². The van der Waals surface area contributed by atoms with Gasteiger partial charge >= 0.3 is 0 Å². The minimum atomic E-state index is 0.323. The van der Waals surface area contributed by atoms with Crippen molar-refractivity contribution in [3.63, 3.8) is 0 Å². The summed E-state index contributed by atoms with van der Waals surface area (Å²) in [4.78, 5) is 2.80. The molecule has 1 saturated heterocycles. The highest BCUT2D eigenvalue weighted by molar-refractivity contribution is 5.03. The van der Waals surface area contributed by atoms with E-state index in [-0.39, 0.29) is 0 Å². The summed E-state index contributed by atoms with van der Waals surface area (Å²) in [7, 11) is 0. The third kappa shape index (κ3) is 2.26. The molecule has 2 heteroatoms. The number of nitrogens with zero attached hydrogens (tertiary/aromatic N) is 1. The molecule has 0 spiro atoms. The smallest absolute Gasteiger partial charge is 0.0360 e. The van der Waals surface area contributed by atoms with Gasteiger partial charge in [-0.05, 0) is 56.9 Å². The lowest BCUT2D eigenvalue weighted by molar-refractivity contribution is -0.00986. The largest absolute Gasteiger partial charge is 0.329 e. The quantitative estimate of drug-likeness (QED) is 0.819. The van der Waals surface area contributed by atoms with E-state index in [1.165, 1.54) is 45.1 Å². The van der Waals surface area contributed by atoms with E-state index in [0.717, 1.165) is 24.4 Å². The van der Waals surface area contributed by atoms with Crippen LogP contribution in [0, 0.1) is 11.8 Å². The van der Waals surface area contributed by atoms with Crippen LogP contribution in [0.4, 0.5) is 0 Å². The summed E-state index contributed by atoms with van der Waals surface area (Å²) >= 11 is 0. The van der Waals surface area contributed by atoms with E-state index in [2.05, 4.69) is 25.7 Å². The van der Waals surface area contributed by atoms with Crippen molar-refractivity contribution in [2.24, 2.45) is 17.6 Å². The van der Waals surface area contributed by atoms with E-state index in [1.807, 2.05) is 0 Å². The minimum absolute atomic E-state index is 0.323. The number of hydrogen-bond acceptors (Lipinski definition) is 2. The van der Waals surface area contributed by atoms with Crippen molar-refractivity contribution in [2.75, 3.05) is 13.1 Å². The number of rotatable bonds is 3. The van der Waals surface area contributed by atoms with Crippen LogP contribution in [-0.2, 0) is 0 Å². The lowest BCUT2D eigenvalue weighted by atomic mass is 9.68. The molecule has 1 saturated carbocycles. The summed E-state index contributed by atoms with van der Waals surface area (Å²) < 4.78 is 0. The van der Waals surface area contributed by atoms with E-state index in [1.54, 1.807) is 0 Å². The molecule has 0 aromatic carbocycles. The van der Waals surface area contributed by atoms with Crippen LogP contribution < -0.4 is 5.73 Å². The minimum Gasteiger partial charge on any atom is -0.329 e. The molecule has 2 nitrogen and oxygen atoms in total. The summed E-state index contributed by atoms with van der Waals surface area (Å²) in [6, 6.07) is 0.800. The third-order valence-electron chi connectivity index (χ3n) is 5.52. The van der Waals surface area contributed by atoms with E-state index < -0.39 is 0 Å². The summed E-state index contributed by atoms with van der Waals surface area (Å²) in [6.45, 7) is 9.32. The van der Waals surface area contributed by atoms with Crippen LogP contribution in [0.2, 0.25) is 0 Å². The number of hydrogen-bond donors (Lipinski definition) is 1. The second kappa shape index (κ2) is 5.27. The van der Waals surface area contributed by atoms with Crippen LogP contribution in [0.3, 0.4) is 0 Å². The fourth-order valence-corrected chi connectivity index (χ4v) is 4.38. The lowest BCUT2D eigenvalue weighted by Gasteiger charge is -2.52. The van der Waals surface area contributed by atoms with Gasteiger partial charge in [-0.15, -0.1) is 0 Å². The van der Waals surface area contributed by atoms with Crippen molar-refractivity contribution in [1.82, 2.24) is 4.90 Å². The zero-order valence-corrected chi connectivity index (χ0v) is 11.9. The Bertz CT molecular complexity index is 253. The van der Waals surface area contributed by atoms with Crippen molar-refractivity contribution in [3.8, 4) is 0 Å². The molecule has 4 unspecified atom stereocenters. The maximum Gasteiger partial charge on any atom is 0.0360 e. The summed E-state index contributed by atoms with van der Waals surface area (Å²) in [5, 5.41) is 0. The van der Waals surface area contributed by atoms with Gasteiger partial charge in [-0.3, -0.25) is 4.90 Å². The fraction of sp³-hybridized carbons (Fsp3) is 1.00. The van der Waals surface area contributed by atoms with Gasteiger partial charge < -0.3 is 5.73 Å². The molecule has 0 aromatic heterocycles. The second-order valence-corrected chi connectivity index (χ2v) is 6.49. The van der Waals surface area contributed by atoms with Gasteiger partial charge in [0.15, 0.2) is 0 Å². The number of likely N-dealkylation sites (tertiary alicyclic amines) is 1. The Balaban J connectivity index is 2.18. The molecular formula is C15H30N2. The predicted molar refractivity (Wildman–Crippen MR) is 74.0 cm³/mol. The standard InChI is InChI=1S/C15H30N2/c1-4-14-6-5-9-17(14)15(11-16)8-7-12(2)10-13(15)3/h12-14H,4-11,16H2,1-3H3. The Morgan fingerprint density at radius 3 is 2.65 bits per heavy atom. The van der Waals surface area contributed by atoms with Gasteiger partial charge in [-0.2, -0.15) is 0 Å². The Hall–Kier alpha value is -0.0800. The number of nitrogens with two attached hydrogens (primary N) is 1. The Morgan fingerprint density at radius 1 is 1.29 bits per heavy atom. The average molecular weight is 238 g/mol. The highest BCUT2D eigenvalue weighted by Crippen LogP contribution is 2.43. The summed E-state index contributed by atoms with van der Waals surface area (Å²) in [5.41, 5.74) is 6.55. The molecule has 4 atom stereocenters. The zero-order valence-electron chi connectivity index (χ0n) is 11.9. The highest BCUT2D eigenvalue weighted by atomic mass is 15.3. The molecule has 2 fully saturated rings. The maximum absolute atomic E-state index is 6.23. The Morgan fingerprint density at radius 2 is 2.06 bits per heavy atom. The molecule has 0 aromatic rings. The van der Waals surface area contributed by atoms with E-state index in [0.29, 0.717) is 5.54 Å². The molecule has 0 radical (unpaired) electrons. The van der Waals surface area contributed by atoms with Crippen molar-refractivity contribution in [2.45, 2.75) is 70.9 Å². The van der Waals surface area contributed by atoms with Crippen LogP contribution in [0.15, 0.2) is 0 Å². The molecule has 0 amide bonds. The summed E-state index contributed by atoms with van der Waals surface area (Å²) in [6.07, 6.45) is 8.12. The summed E-state index contributed by atoms with van der Waals surface area (Å²) in [5.74, 6) is 1.66. The molecule has 1 aliphatic heterocycles. The van der Waals surface area contributed by atoms with Gasteiger partial charge in [0.1, 0.15) is 0 Å². The normalized spacial score (nSPS) is 44.1. The first-order chi connectivity index (χ1) is 8.14. The van der Waals surface area contributed by atoms with Gasteiger partial charge in [0, 0.05) is 18.1 Å². The molecule has 0 bridgehead atoms. The lowest BCUT2D eigenvalue weighted by Crippen LogP contribution is -2.61. The van der Waals surface area contributed by atoms with E-state index in [9.17, 15) is 0 Å². The molecule has 1 aliphatic carbocycles. The van der Waals surface area contributed by atoms with Gasteiger partial charge in [-0.1, -0.05) is 20.8 Å². The zero-order chi connectivity index (χ0) is 12.5. The third-order valence-corrected chi connectivity index (χ3v) is 5.52. The molecule has 2 N–H and O–H groups in total. The SMILES string of the molecule is CCC1CCCN1C1(CN)CCC(C)CC1C. The topological polar surface area (TPSA) is 29.3 Å². The van der Waals surface area contributed by atoms with Crippen molar-refractivity contribution in [1.29, 1.82) is 0 Å². The Kier molecular flexibility index (Phi) is 4.14. The predicted octanol–water partition coefficient (Wildman–Crippen LogP) is 3.01. The van der Waals surface area contributed by atoms with E-state index in [4.69, 9.17) is 5.73 Å². The van der Waals surface area contributed by atoms with Crippen LogP contribution in [0.5, 0.6) is 0 Å². The van der Waals surface area contributed by atoms with Gasteiger partial charge in [-0.25, -0.2) is 0 Å². The van der Waals surface area contributed by atoms with Crippen LogP contribution in [-0.4, -0.2) is 29.6 Å². The highest BCUT2D eigenvalue weighted by Gasteiger charge is 2.46. The maximum atomic E-state index is 6.23. The fourth-order valence-electron chi connectivity index (χ4n) is 4.38. The molecular weight excluding hydrogens is 208 g/mol. The van der Waals surface area contributed by atoms with Crippen LogP contribution in [0.1, 0.15) is 59.3 Å². The van der Waals surface area contributed by atoms with Gasteiger partial charge in [0.2, 0.25) is 0 Å². The molecule has 2 aliphatic rings. The van der Waals surface area contributed by atoms with Crippen LogP contribution >= 0.6 is 0 Å². The van der Waals surface area contributed by atoms with Crippen molar-refractivity contribution >= 4 is 0 Å². The monoisotopic (exact) mass is 238 g/mol. The molecule has 1 heterocycles. The average Bonchev–Trinajstić information content (AvgIpc) is 2.78. The first-order valence-corrected chi connectivity index (χ1v) is 7.61. The van der Waals surface area contributed by atoms with Crippen molar-refractivity contribution < 1.29 is 0 Å².